The van der Waals surface area contributed by atoms with Crippen molar-refractivity contribution >= 4 is 6.29 Å². The molecule has 5 atom stereocenters. The molecule has 1 heteroatoms. The van der Waals surface area contributed by atoms with Crippen LogP contribution in [0.2, 0.25) is 0 Å². The third kappa shape index (κ3) is 3.08. The fourth-order valence-electron chi connectivity index (χ4n) is 5.64. The Morgan fingerprint density at radius 1 is 1.24 bits per heavy atom. The van der Waals surface area contributed by atoms with E-state index in [1.165, 1.54) is 51.2 Å². The van der Waals surface area contributed by atoms with Crippen LogP contribution < -0.4 is 0 Å². The lowest BCUT2D eigenvalue weighted by atomic mass is 9.46. The van der Waals surface area contributed by atoms with E-state index >= 15 is 0 Å². The normalized spacial score (nSPS) is 40.3. The van der Waals surface area contributed by atoms with Gasteiger partial charge in [-0.15, -0.1) is 0 Å². The van der Waals surface area contributed by atoms with Gasteiger partial charge in [-0.2, -0.15) is 0 Å². The van der Waals surface area contributed by atoms with E-state index in [-0.39, 0.29) is 5.41 Å². The summed E-state index contributed by atoms with van der Waals surface area (Å²) in [6.07, 6.45) is 11.5. The highest BCUT2D eigenvalue weighted by atomic mass is 16.1. The molecule has 2 aliphatic carbocycles. The second kappa shape index (κ2) is 6.42. The fourth-order valence-corrected chi connectivity index (χ4v) is 5.64. The molecule has 0 radical (unpaired) electrons. The van der Waals surface area contributed by atoms with E-state index in [4.69, 9.17) is 0 Å². The van der Waals surface area contributed by atoms with Gasteiger partial charge in [0.15, 0.2) is 0 Å². The van der Waals surface area contributed by atoms with Gasteiger partial charge in [0.25, 0.3) is 0 Å². The van der Waals surface area contributed by atoms with Gasteiger partial charge in [0.1, 0.15) is 6.29 Å². The summed E-state index contributed by atoms with van der Waals surface area (Å²) in [4.78, 5) is 12.3. The van der Waals surface area contributed by atoms with Gasteiger partial charge in [-0.25, -0.2) is 0 Å². The maximum atomic E-state index is 12.3. The zero-order chi connectivity index (χ0) is 15.7. The van der Waals surface area contributed by atoms with Gasteiger partial charge in [0.05, 0.1) is 0 Å². The van der Waals surface area contributed by atoms with E-state index < -0.39 is 0 Å². The number of fused-ring (bicyclic) bond motifs is 1. The summed E-state index contributed by atoms with van der Waals surface area (Å²) in [6, 6.07) is 0. The molecule has 0 N–H and O–H groups in total. The van der Waals surface area contributed by atoms with E-state index in [1.54, 1.807) is 0 Å². The monoisotopic (exact) mass is 292 g/mol. The van der Waals surface area contributed by atoms with Crippen molar-refractivity contribution in [1.82, 2.24) is 0 Å². The van der Waals surface area contributed by atoms with Gasteiger partial charge in [-0.1, -0.05) is 60.3 Å². The van der Waals surface area contributed by atoms with Crippen molar-refractivity contribution in [2.45, 2.75) is 86.0 Å². The van der Waals surface area contributed by atoms with Gasteiger partial charge < -0.3 is 4.79 Å². The second-order valence-corrected chi connectivity index (χ2v) is 8.88. The molecule has 0 aliphatic heterocycles. The first-order valence-electron chi connectivity index (χ1n) is 9.33. The molecule has 0 spiro atoms. The SMILES string of the molecule is CC[C@@H](C)CC[C@H]1[C@@H](C)CC[C@H]2C(C)(C)CCC[C@]12C=O. The number of hydrogen-bond donors (Lipinski definition) is 0. The lowest BCUT2D eigenvalue weighted by Crippen LogP contribution is -2.53. The standard InChI is InChI=1S/C20H36O/c1-6-15(2)8-10-17-16(3)9-11-18-19(4,5)12-7-13-20(17,18)14-21/h14-18H,6-13H2,1-5H3/t15-,16+,17+,18+,20+/m1/s1. The number of hydrogen-bond acceptors (Lipinski definition) is 1. The molecular formula is C20H36O. The quantitative estimate of drug-likeness (QED) is 0.579. The average Bonchev–Trinajstić information content (AvgIpc) is 2.45. The first-order valence-corrected chi connectivity index (χ1v) is 9.33. The summed E-state index contributed by atoms with van der Waals surface area (Å²) in [7, 11) is 0. The number of aldehydes is 1. The first-order chi connectivity index (χ1) is 9.87. The van der Waals surface area contributed by atoms with Crippen LogP contribution in [0.5, 0.6) is 0 Å². The topological polar surface area (TPSA) is 17.1 Å². The molecule has 21 heavy (non-hydrogen) atoms. The fraction of sp³-hybridized carbons (Fsp3) is 0.950. The maximum Gasteiger partial charge on any atom is 0.126 e. The van der Waals surface area contributed by atoms with Crippen LogP contribution in [0.15, 0.2) is 0 Å². The lowest BCUT2D eigenvalue weighted by molar-refractivity contribution is -0.145. The van der Waals surface area contributed by atoms with Crippen molar-refractivity contribution in [3.8, 4) is 0 Å². The van der Waals surface area contributed by atoms with Gasteiger partial charge in [0.2, 0.25) is 0 Å². The summed E-state index contributed by atoms with van der Waals surface area (Å²) in [5.41, 5.74) is 0.348. The summed E-state index contributed by atoms with van der Waals surface area (Å²) in [5, 5.41) is 0. The molecule has 0 unspecified atom stereocenters. The summed E-state index contributed by atoms with van der Waals surface area (Å²) in [6.45, 7) is 11.9. The Kier molecular flexibility index (Phi) is 5.21. The Balaban J connectivity index is 2.25. The first kappa shape index (κ1) is 17.0. The maximum absolute atomic E-state index is 12.3. The third-order valence-corrected chi connectivity index (χ3v) is 7.20. The van der Waals surface area contributed by atoms with E-state index in [0.29, 0.717) is 17.3 Å². The van der Waals surface area contributed by atoms with Crippen molar-refractivity contribution in [2.75, 3.05) is 0 Å². The molecule has 0 aromatic rings. The Bertz CT molecular complexity index is 359. The molecule has 0 bridgehead atoms. The van der Waals surface area contributed by atoms with Crippen LogP contribution in [0.4, 0.5) is 0 Å². The van der Waals surface area contributed by atoms with Gasteiger partial charge in [-0.05, 0) is 54.8 Å². The Morgan fingerprint density at radius 2 is 1.95 bits per heavy atom. The second-order valence-electron chi connectivity index (χ2n) is 8.88. The predicted molar refractivity (Wildman–Crippen MR) is 90.2 cm³/mol. The van der Waals surface area contributed by atoms with Crippen molar-refractivity contribution in [2.24, 2.45) is 34.5 Å². The van der Waals surface area contributed by atoms with Gasteiger partial charge in [0, 0.05) is 5.41 Å². The van der Waals surface area contributed by atoms with Crippen molar-refractivity contribution in [3.05, 3.63) is 0 Å². The highest BCUT2D eigenvalue weighted by Gasteiger charge is 2.56. The Morgan fingerprint density at radius 3 is 2.57 bits per heavy atom. The van der Waals surface area contributed by atoms with Crippen LogP contribution in [0.1, 0.15) is 86.0 Å². The van der Waals surface area contributed by atoms with Crippen LogP contribution >= 0.6 is 0 Å². The minimum absolute atomic E-state index is 0.00707. The number of carbonyl (C=O) groups excluding carboxylic acids is 1. The molecule has 1 nitrogen and oxygen atoms in total. The molecule has 122 valence electrons. The molecule has 2 rings (SSSR count). The minimum Gasteiger partial charge on any atom is -0.303 e. The predicted octanol–water partition coefficient (Wildman–Crippen LogP) is 5.87. The zero-order valence-corrected chi connectivity index (χ0v) is 15.0. The minimum atomic E-state index is -0.00707. The van der Waals surface area contributed by atoms with Crippen LogP contribution in [-0.4, -0.2) is 6.29 Å². The van der Waals surface area contributed by atoms with Crippen molar-refractivity contribution in [1.29, 1.82) is 0 Å². The highest BCUT2D eigenvalue weighted by molar-refractivity contribution is 5.62. The molecule has 2 aliphatic rings. The molecule has 0 aromatic heterocycles. The largest absolute Gasteiger partial charge is 0.303 e. The van der Waals surface area contributed by atoms with E-state index in [0.717, 1.165) is 18.3 Å². The van der Waals surface area contributed by atoms with Crippen LogP contribution in [-0.2, 0) is 4.79 Å². The molecule has 2 fully saturated rings. The van der Waals surface area contributed by atoms with Gasteiger partial charge >= 0.3 is 0 Å². The molecular weight excluding hydrogens is 256 g/mol. The summed E-state index contributed by atoms with van der Waals surface area (Å²) >= 11 is 0. The lowest BCUT2D eigenvalue weighted by Gasteiger charge is -2.58. The Labute approximate surface area is 132 Å². The molecule has 0 heterocycles. The molecule has 0 amide bonds. The van der Waals surface area contributed by atoms with E-state index in [1.807, 2.05) is 0 Å². The summed E-state index contributed by atoms with van der Waals surface area (Å²) in [5.74, 6) is 2.78. The Hall–Kier alpha value is -0.330. The number of carbonyl (C=O) groups is 1. The van der Waals surface area contributed by atoms with Crippen molar-refractivity contribution in [3.63, 3.8) is 0 Å². The molecule has 0 saturated heterocycles. The third-order valence-electron chi connectivity index (χ3n) is 7.20. The average molecular weight is 293 g/mol. The van der Waals surface area contributed by atoms with E-state index in [9.17, 15) is 4.79 Å². The van der Waals surface area contributed by atoms with E-state index in [2.05, 4.69) is 34.6 Å². The summed E-state index contributed by atoms with van der Waals surface area (Å²) < 4.78 is 0. The molecule has 2 saturated carbocycles. The zero-order valence-electron chi connectivity index (χ0n) is 15.0. The number of rotatable bonds is 5. The molecule has 0 aromatic carbocycles. The van der Waals surface area contributed by atoms with Crippen LogP contribution in [0.3, 0.4) is 0 Å². The van der Waals surface area contributed by atoms with Gasteiger partial charge in [-0.3, -0.25) is 0 Å². The van der Waals surface area contributed by atoms with Crippen LogP contribution in [0, 0.1) is 34.5 Å². The van der Waals surface area contributed by atoms with Crippen molar-refractivity contribution < 1.29 is 4.79 Å². The van der Waals surface area contributed by atoms with Crippen LogP contribution in [0.25, 0.3) is 0 Å². The highest BCUT2D eigenvalue weighted by Crippen LogP contribution is 2.61. The smallest absolute Gasteiger partial charge is 0.126 e.